The van der Waals surface area contributed by atoms with E-state index in [1.807, 2.05) is 0 Å². The summed E-state index contributed by atoms with van der Waals surface area (Å²) in [6, 6.07) is 1.51. The van der Waals surface area contributed by atoms with Gasteiger partial charge in [0.2, 0.25) is 11.6 Å². The molecule has 1 atom stereocenters. The molecule has 0 aromatic heterocycles. The SMILES string of the molecule is CC1=Cc2cc3c(c(O)c2C(C)O1)C(O)=CC(=O)C3=O. The second-order valence-corrected chi connectivity index (χ2v) is 4.89. The minimum absolute atomic E-state index is 0.00301. The molecule has 0 bridgehead atoms. The summed E-state index contributed by atoms with van der Waals surface area (Å²) < 4.78 is 5.52. The Labute approximate surface area is 114 Å². The molecule has 2 N–H and O–H groups in total. The fraction of sp³-hybridized carbons (Fsp3) is 0.200. The average Bonchev–Trinajstić information content (AvgIpc) is 2.34. The van der Waals surface area contributed by atoms with E-state index in [4.69, 9.17) is 4.74 Å². The molecule has 0 saturated heterocycles. The van der Waals surface area contributed by atoms with E-state index in [1.54, 1.807) is 19.9 Å². The number of carbonyl (C=O) groups excluding carboxylic acids is 2. The lowest BCUT2D eigenvalue weighted by Gasteiger charge is -2.26. The first kappa shape index (κ1) is 12.5. The Bertz CT molecular complexity index is 724. The Morgan fingerprint density at radius 1 is 1.20 bits per heavy atom. The number of hydrogen-bond acceptors (Lipinski definition) is 5. The maximum absolute atomic E-state index is 11.9. The number of rotatable bonds is 0. The van der Waals surface area contributed by atoms with Gasteiger partial charge in [-0.3, -0.25) is 9.59 Å². The highest BCUT2D eigenvalue weighted by atomic mass is 16.5. The molecule has 1 heterocycles. The zero-order chi connectivity index (χ0) is 14.6. The van der Waals surface area contributed by atoms with E-state index in [0.29, 0.717) is 16.9 Å². The number of Topliss-reactive ketones (excluding diaryl/α,β-unsaturated/α-hetero) is 1. The molecule has 1 aliphatic carbocycles. The summed E-state index contributed by atoms with van der Waals surface area (Å²) in [6.07, 6.45) is 2.11. The molecule has 5 heteroatoms. The molecule has 0 fully saturated rings. The summed E-state index contributed by atoms with van der Waals surface area (Å²) in [4.78, 5) is 23.4. The molecule has 1 aliphatic heterocycles. The molecule has 1 unspecified atom stereocenters. The van der Waals surface area contributed by atoms with Gasteiger partial charge >= 0.3 is 0 Å². The fourth-order valence-electron chi connectivity index (χ4n) is 2.67. The number of carbonyl (C=O) groups is 2. The van der Waals surface area contributed by atoms with E-state index < -0.39 is 23.4 Å². The molecule has 1 aromatic rings. The van der Waals surface area contributed by atoms with Gasteiger partial charge in [-0.1, -0.05) is 0 Å². The van der Waals surface area contributed by atoms with Crippen molar-refractivity contribution in [2.75, 3.05) is 0 Å². The number of fused-ring (bicyclic) bond motifs is 2. The van der Waals surface area contributed by atoms with Crippen molar-refractivity contribution in [3.63, 3.8) is 0 Å². The molecule has 0 amide bonds. The number of aromatic hydroxyl groups is 1. The van der Waals surface area contributed by atoms with Crippen molar-refractivity contribution in [3.8, 4) is 5.75 Å². The van der Waals surface area contributed by atoms with Gasteiger partial charge in [0.15, 0.2) is 0 Å². The molecule has 20 heavy (non-hydrogen) atoms. The monoisotopic (exact) mass is 272 g/mol. The molecular formula is C15H12O5. The Morgan fingerprint density at radius 2 is 1.90 bits per heavy atom. The number of hydrogen-bond donors (Lipinski definition) is 2. The van der Waals surface area contributed by atoms with Crippen molar-refractivity contribution in [1.29, 1.82) is 0 Å². The van der Waals surface area contributed by atoms with Gasteiger partial charge < -0.3 is 14.9 Å². The molecule has 0 spiro atoms. The molecule has 1 aromatic carbocycles. The Balaban J connectivity index is 2.37. The van der Waals surface area contributed by atoms with Crippen LogP contribution in [-0.4, -0.2) is 21.8 Å². The first-order chi connectivity index (χ1) is 9.40. The van der Waals surface area contributed by atoms with E-state index in [2.05, 4.69) is 0 Å². The van der Waals surface area contributed by atoms with Gasteiger partial charge in [-0.05, 0) is 31.6 Å². The number of ether oxygens (including phenoxy) is 1. The van der Waals surface area contributed by atoms with Crippen molar-refractivity contribution in [2.45, 2.75) is 20.0 Å². The number of aliphatic hydroxyl groups is 1. The molecular weight excluding hydrogens is 260 g/mol. The standard InChI is InChI=1S/C15H12O5/c1-6-3-8-4-9-13(10(16)5-11(17)14(9)18)15(19)12(8)7(2)20-6/h3-5,7,16,19H,1-2H3. The average molecular weight is 272 g/mol. The van der Waals surface area contributed by atoms with Gasteiger partial charge in [0, 0.05) is 17.2 Å². The number of benzene rings is 1. The topological polar surface area (TPSA) is 83.8 Å². The van der Waals surface area contributed by atoms with Gasteiger partial charge in [-0.25, -0.2) is 0 Å². The quantitative estimate of drug-likeness (QED) is 0.709. The molecule has 102 valence electrons. The summed E-state index contributed by atoms with van der Waals surface area (Å²) in [5, 5.41) is 20.2. The Kier molecular flexibility index (Phi) is 2.47. The van der Waals surface area contributed by atoms with Crippen LogP contribution in [0, 0.1) is 0 Å². The summed E-state index contributed by atoms with van der Waals surface area (Å²) in [6.45, 7) is 3.53. The smallest absolute Gasteiger partial charge is 0.233 e. The lowest BCUT2D eigenvalue weighted by molar-refractivity contribution is -0.111. The van der Waals surface area contributed by atoms with Crippen molar-refractivity contribution < 1.29 is 24.5 Å². The van der Waals surface area contributed by atoms with E-state index in [-0.39, 0.29) is 16.9 Å². The highest BCUT2D eigenvalue weighted by molar-refractivity contribution is 6.50. The first-order valence-corrected chi connectivity index (χ1v) is 6.14. The summed E-state index contributed by atoms with van der Waals surface area (Å²) in [7, 11) is 0. The zero-order valence-electron chi connectivity index (χ0n) is 10.9. The van der Waals surface area contributed by atoms with Crippen LogP contribution >= 0.6 is 0 Å². The fourth-order valence-corrected chi connectivity index (χ4v) is 2.67. The van der Waals surface area contributed by atoms with Crippen LogP contribution in [0.25, 0.3) is 11.8 Å². The van der Waals surface area contributed by atoms with Crippen molar-refractivity contribution in [1.82, 2.24) is 0 Å². The van der Waals surface area contributed by atoms with Crippen molar-refractivity contribution >= 4 is 23.4 Å². The highest BCUT2D eigenvalue weighted by Gasteiger charge is 2.33. The number of phenolic OH excluding ortho intramolecular Hbond substituents is 1. The molecule has 2 aliphatic rings. The molecule has 5 nitrogen and oxygen atoms in total. The molecule has 0 saturated carbocycles. The van der Waals surface area contributed by atoms with Crippen LogP contribution < -0.4 is 0 Å². The molecule has 0 radical (unpaired) electrons. The molecule has 3 rings (SSSR count). The zero-order valence-corrected chi connectivity index (χ0v) is 10.9. The number of ketones is 2. The van der Waals surface area contributed by atoms with Crippen LogP contribution in [0.5, 0.6) is 5.75 Å². The maximum atomic E-state index is 11.9. The lowest BCUT2D eigenvalue weighted by atomic mass is 9.86. The predicted molar refractivity (Wildman–Crippen MR) is 71.2 cm³/mol. The maximum Gasteiger partial charge on any atom is 0.233 e. The van der Waals surface area contributed by atoms with Gasteiger partial charge in [0.25, 0.3) is 0 Å². The normalized spacial score (nSPS) is 20.6. The first-order valence-electron chi connectivity index (χ1n) is 6.14. The minimum atomic E-state index is -0.796. The van der Waals surface area contributed by atoms with E-state index in [0.717, 1.165) is 6.08 Å². The van der Waals surface area contributed by atoms with Crippen LogP contribution in [0.15, 0.2) is 17.9 Å². The van der Waals surface area contributed by atoms with E-state index in [1.165, 1.54) is 6.07 Å². The predicted octanol–water partition coefficient (Wildman–Crippen LogP) is 2.51. The van der Waals surface area contributed by atoms with E-state index >= 15 is 0 Å². The summed E-state index contributed by atoms with van der Waals surface area (Å²) >= 11 is 0. The summed E-state index contributed by atoms with van der Waals surface area (Å²) in [5.74, 6) is -1.50. The number of allylic oxidation sites excluding steroid dienone is 2. The largest absolute Gasteiger partial charge is 0.507 e. The third-order valence-electron chi connectivity index (χ3n) is 3.49. The third-order valence-corrected chi connectivity index (χ3v) is 3.49. The number of aliphatic hydroxyl groups excluding tert-OH is 1. The second-order valence-electron chi connectivity index (χ2n) is 4.89. The highest BCUT2D eigenvalue weighted by Crippen LogP contribution is 2.43. The Hall–Kier alpha value is -2.56. The van der Waals surface area contributed by atoms with Gasteiger partial charge in [-0.2, -0.15) is 0 Å². The van der Waals surface area contributed by atoms with Crippen LogP contribution in [0.1, 0.15) is 47.0 Å². The second kappa shape index (κ2) is 3.96. The van der Waals surface area contributed by atoms with Crippen molar-refractivity contribution in [2.24, 2.45) is 0 Å². The van der Waals surface area contributed by atoms with Crippen LogP contribution in [0.2, 0.25) is 0 Å². The van der Waals surface area contributed by atoms with Gasteiger partial charge in [0.1, 0.15) is 17.6 Å². The third kappa shape index (κ3) is 1.56. The van der Waals surface area contributed by atoms with E-state index in [9.17, 15) is 19.8 Å². The van der Waals surface area contributed by atoms with Crippen molar-refractivity contribution in [3.05, 3.63) is 40.2 Å². The Morgan fingerprint density at radius 3 is 2.60 bits per heavy atom. The van der Waals surface area contributed by atoms with Gasteiger partial charge in [0.05, 0.1) is 11.3 Å². The van der Waals surface area contributed by atoms with Crippen LogP contribution in [0.3, 0.4) is 0 Å². The summed E-state index contributed by atoms with van der Waals surface area (Å²) in [5.41, 5.74) is 1.13. The van der Waals surface area contributed by atoms with Crippen LogP contribution in [0.4, 0.5) is 0 Å². The van der Waals surface area contributed by atoms with Crippen LogP contribution in [-0.2, 0) is 9.53 Å². The lowest BCUT2D eigenvalue weighted by Crippen LogP contribution is -2.20. The van der Waals surface area contributed by atoms with Gasteiger partial charge in [-0.15, -0.1) is 0 Å². The number of phenols is 1. The minimum Gasteiger partial charge on any atom is -0.507 e.